The summed E-state index contributed by atoms with van der Waals surface area (Å²) in [5.41, 5.74) is 11.5. The van der Waals surface area contributed by atoms with Crippen molar-refractivity contribution < 1.29 is 34.2 Å². The zero-order valence-electron chi connectivity index (χ0n) is 14.8. The minimum atomic E-state index is -1.66. The zero-order valence-corrected chi connectivity index (χ0v) is 14.8. The second kappa shape index (κ2) is 10.6. The molecular weight excluding hydrogens is 372 g/mol. The Bertz CT molecular complexity index is 738. The molecule has 0 spiro atoms. The van der Waals surface area contributed by atoms with Gasteiger partial charge in [-0.1, -0.05) is 30.3 Å². The molecule has 0 aliphatic rings. The van der Waals surface area contributed by atoms with Gasteiger partial charge < -0.3 is 32.3 Å². The Labute approximate surface area is 160 Å². The number of carbonyl (C=O) groups is 5. The highest BCUT2D eigenvalue weighted by Crippen LogP contribution is 2.03. The van der Waals surface area contributed by atoms with Crippen LogP contribution in [0.4, 0.5) is 0 Å². The molecule has 28 heavy (non-hydrogen) atoms. The summed E-state index contributed by atoms with van der Waals surface area (Å²) >= 11 is 0. The Morgan fingerprint density at radius 1 is 0.893 bits per heavy atom. The van der Waals surface area contributed by atoms with E-state index < -0.39 is 60.6 Å². The van der Waals surface area contributed by atoms with Gasteiger partial charge in [0.2, 0.25) is 17.7 Å². The zero-order chi connectivity index (χ0) is 21.3. The smallest absolute Gasteiger partial charge is 0.326 e. The first-order valence-electron chi connectivity index (χ1n) is 8.23. The lowest BCUT2D eigenvalue weighted by molar-refractivity contribution is -0.144. The van der Waals surface area contributed by atoms with E-state index in [2.05, 4.69) is 5.32 Å². The maximum atomic E-state index is 12.2. The predicted octanol–water partition coefficient (Wildman–Crippen LogP) is -2.04. The van der Waals surface area contributed by atoms with E-state index in [0.717, 1.165) is 5.56 Å². The lowest BCUT2D eigenvalue weighted by atomic mass is 10.0. The van der Waals surface area contributed by atoms with E-state index >= 15 is 0 Å². The topological polar surface area (TPSA) is 202 Å². The molecule has 0 saturated carbocycles. The van der Waals surface area contributed by atoms with Crippen molar-refractivity contribution in [3.8, 4) is 0 Å². The van der Waals surface area contributed by atoms with Crippen molar-refractivity contribution in [2.75, 3.05) is 0 Å². The minimum Gasteiger partial charge on any atom is -0.481 e. The van der Waals surface area contributed by atoms with Gasteiger partial charge in [0.25, 0.3) is 0 Å². The molecule has 3 atom stereocenters. The molecule has 1 aromatic carbocycles. The van der Waals surface area contributed by atoms with Crippen LogP contribution >= 0.6 is 0 Å². The first-order chi connectivity index (χ1) is 13.1. The molecule has 0 radical (unpaired) electrons. The van der Waals surface area contributed by atoms with Gasteiger partial charge in [-0.3, -0.25) is 19.2 Å². The lowest BCUT2D eigenvalue weighted by Crippen LogP contribution is -2.55. The second-order valence-electron chi connectivity index (χ2n) is 6.03. The number of nitrogens with two attached hydrogens (primary N) is 2. The Balaban J connectivity index is 2.81. The Morgan fingerprint density at radius 2 is 1.46 bits per heavy atom. The maximum Gasteiger partial charge on any atom is 0.326 e. The highest BCUT2D eigenvalue weighted by molar-refractivity contribution is 5.95. The highest BCUT2D eigenvalue weighted by Gasteiger charge is 2.30. The van der Waals surface area contributed by atoms with Gasteiger partial charge in [-0.2, -0.15) is 0 Å². The quantitative estimate of drug-likeness (QED) is 0.246. The predicted molar refractivity (Wildman–Crippen MR) is 95.7 cm³/mol. The number of carbonyl (C=O) groups excluding carboxylic acids is 3. The monoisotopic (exact) mass is 394 g/mol. The molecule has 0 fully saturated rings. The Hall–Kier alpha value is -3.47. The molecule has 11 heteroatoms. The van der Waals surface area contributed by atoms with Crippen LogP contribution < -0.4 is 22.1 Å². The minimum absolute atomic E-state index is 0.146. The third-order valence-corrected chi connectivity index (χ3v) is 3.67. The first kappa shape index (κ1) is 22.6. The molecule has 8 N–H and O–H groups in total. The number of nitrogens with one attached hydrogen (secondary N) is 2. The third-order valence-electron chi connectivity index (χ3n) is 3.67. The summed E-state index contributed by atoms with van der Waals surface area (Å²) in [4.78, 5) is 57.5. The van der Waals surface area contributed by atoms with Crippen molar-refractivity contribution in [1.82, 2.24) is 10.6 Å². The van der Waals surface area contributed by atoms with Crippen LogP contribution in [0.3, 0.4) is 0 Å². The number of rotatable bonds is 11. The standard InChI is InChI=1S/C17H22N4O7/c18-10(6-9-4-2-1-3-5-9)15(25)20-11(8-14(23)24)16(26)21-12(17(27)28)7-13(19)22/h1-5,10-12H,6-8,18H2,(H2,19,22)(H,20,25)(H,21,26)(H,23,24)(H,27,28)/t10-,11-,12-/m0/s1. The summed E-state index contributed by atoms with van der Waals surface area (Å²) < 4.78 is 0. The van der Waals surface area contributed by atoms with Crippen LogP contribution in [-0.2, 0) is 30.4 Å². The molecular formula is C17H22N4O7. The van der Waals surface area contributed by atoms with Crippen LogP contribution in [0.15, 0.2) is 30.3 Å². The van der Waals surface area contributed by atoms with Crippen LogP contribution in [0.5, 0.6) is 0 Å². The van der Waals surface area contributed by atoms with E-state index in [1.165, 1.54) is 0 Å². The maximum absolute atomic E-state index is 12.2. The molecule has 152 valence electrons. The third kappa shape index (κ3) is 7.83. The number of carboxylic acid groups (broad SMARTS) is 2. The average molecular weight is 394 g/mol. The normalized spacial score (nSPS) is 13.6. The van der Waals surface area contributed by atoms with Gasteiger partial charge in [-0.05, 0) is 12.0 Å². The van der Waals surface area contributed by atoms with Crippen LogP contribution in [0.25, 0.3) is 0 Å². The molecule has 0 aliphatic heterocycles. The van der Waals surface area contributed by atoms with Crippen molar-refractivity contribution in [3.63, 3.8) is 0 Å². The SMILES string of the molecule is NC(=O)C[C@H](NC(=O)[C@H](CC(=O)O)NC(=O)[C@@H](N)Cc1ccccc1)C(=O)O. The van der Waals surface area contributed by atoms with Gasteiger partial charge >= 0.3 is 11.9 Å². The van der Waals surface area contributed by atoms with Gasteiger partial charge in [0.15, 0.2) is 0 Å². The summed E-state index contributed by atoms with van der Waals surface area (Å²) in [5.74, 6) is -5.79. The second-order valence-corrected chi connectivity index (χ2v) is 6.03. The fourth-order valence-electron chi connectivity index (χ4n) is 2.30. The molecule has 0 bridgehead atoms. The Morgan fingerprint density at radius 3 is 1.96 bits per heavy atom. The van der Waals surface area contributed by atoms with E-state index in [9.17, 15) is 24.0 Å². The van der Waals surface area contributed by atoms with Crippen molar-refractivity contribution in [2.24, 2.45) is 11.5 Å². The summed E-state index contributed by atoms with van der Waals surface area (Å²) in [6.45, 7) is 0. The molecule has 1 aromatic rings. The van der Waals surface area contributed by atoms with Crippen LogP contribution in [0.1, 0.15) is 18.4 Å². The number of hydrogen-bond acceptors (Lipinski definition) is 6. The van der Waals surface area contributed by atoms with Crippen molar-refractivity contribution in [2.45, 2.75) is 37.4 Å². The lowest BCUT2D eigenvalue weighted by Gasteiger charge is -2.21. The number of benzene rings is 1. The summed E-state index contributed by atoms with van der Waals surface area (Å²) in [6.07, 6.45) is -1.35. The van der Waals surface area contributed by atoms with E-state index in [4.69, 9.17) is 21.7 Å². The van der Waals surface area contributed by atoms with Gasteiger partial charge in [-0.25, -0.2) is 4.79 Å². The highest BCUT2D eigenvalue weighted by atomic mass is 16.4. The summed E-state index contributed by atoms with van der Waals surface area (Å²) in [7, 11) is 0. The average Bonchev–Trinajstić information content (AvgIpc) is 2.60. The summed E-state index contributed by atoms with van der Waals surface area (Å²) in [5, 5.41) is 22.2. The van der Waals surface area contributed by atoms with Crippen molar-refractivity contribution >= 4 is 29.7 Å². The fraction of sp³-hybridized carbons (Fsp3) is 0.353. The van der Waals surface area contributed by atoms with Gasteiger partial charge in [0, 0.05) is 0 Å². The largest absolute Gasteiger partial charge is 0.481 e. The van der Waals surface area contributed by atoms with E-state index in [1.807, 2.05) is 5.32 Å². The molecule has 0 unspecified atom stereocenters. The molecule has 0 aromatic heterocycles. The van der Waals surface area contributed by atoms with Crippen molar-refractivity contribution in [3.05, 3.63) is 35.9 Å². The summed E-state index contributed by atoms with van der Waals surface area (Å²) in [6, 6.07) is 4.49. The number of carboxylic acids is 2. The van der Waals surface area contributed by atoms with E-state index in [0.29, 0.717) is 0 Å². The van der Waals surface area contributed by atoms with Crippen LogP contribution in [0, 0.1) is 0 Å². The number of hydrogen-bond donors (Lipinski definition) is 6. The molecule has 1 rings (SSSR count). The molecule has 0 saturated heterocycles. The molecule has 0 heterocycles. The molecule has 0 aliphatic carbocycles. The number of aliphatic carboxylic acids is 2. The Kier molecular flexibility index (Phi) is 8.56. The van der Waals surface area contributed by atoms with Crippen LogP contribution in [0.2, 0.25) is 0 Å². The van der Waals surface area contributed by atoms with Gasteiger partial charge in [-0.15, -0.1) is 0 Å². The van der Waals surface area contributed by atoms with E-state index in [1.54, 1.807) is 30.3 Å². The van der Waals surface area contributed by atoms with E-state index in [-0.39, 0.29) is 6.42 Å². The first-order valence-corrected chi connectivity index (χ1v) is 8.23. The molecule has 3 amide bonds. The number of primary amides is 1. The number of amides is 3. The van der Waals surface area contributed by atoms with Crippen LogP contribution in [-0.4, -0.2) is 58.0 Å². The fourth-order valence-corrected chi connectivity index (χ4v) is 2.30. The van der Waals surface area contributed by atoms with Gasteiger partial charge in [0.05, 0.1) is 18.9 Å². The van der Waals surface area contributed by atoms with Crippen molar-refractivity contribution in [1.29, 1.82) is 0 Å². The molecule has 11 nitrogen and oxygen atoms in total. The van der Waals surface area contributed by atoms with Gasteiger partial charge in [0.1, 0.15) is 12.1 Å².